The van der Waals surface area contributed by atoms with Crippen LogP contribution in [0.5, 0.6) is 11.5 Å². The van der Waals surface area contributed by atoms with E-state index in [2.05, 4.69) is 31.1 Å². The van der Waals surface area contributed by atoms with Gasteiger partial charge in [0.2, 0.25) is 0 Å². The van der Waals surface area contributed by atoms with Gasteiger partial charge in [0, 0.05) is 28.9 Å². The van der Waals surface area contributed by atoms with E-state index in [0.717, 1.165) is 10.8 Å². The van der Waals surface area contributed by atoms with Crippen LogP contribution in [0.3, 0.4) is 0 Å². The van der Waals surface area contributed by atoms with Crippen molar-refractivity contribution in [1.82, 2.24) is 10.3 Å². The van der Waals surface area contributed by atoms with Crippen LogP contribution in [0, 0.1) is 5.82 Å². The second kappa shape index (κ2) is 9.16. The molecule has 0 aliphatic heterocycles. The first-order valence-electron chi connectivity index (χ1n) is 9.26. The van der Waals surface area contributed by atoms with Gasteiger partial charge in [-0.15, -0.1) is 0 Å². The van der Waals surface area contributed by atoms with Crippen LogP contribution in [0.25, 0.3) is 10.8 Å². The summed E-state index contributed by atoms with van der Waals surface area (Å²) in [5.74, 6) is 0.483. The number of nitrogens with zero attached hydrogens (tertiary/aromatic N) is 1. The number of ether oxygens (including phenoxy) is 2. The molecule has 0 amide bonds. The summed E-state index contributed by atoms with van der Waals surface area (Å²) in [6.45, 7) is 7.28. The molecule has 0 aliphatic rings. The van der Waals surface area contributed by atoms with E-state index in [0.29, 0.717) is 34.7 Å². The Balaban J connectivity index is 1.64. The molecular formula is C22H23Cl2FN2O2. The molecule has 154 valence electrons. The normalized spacial score (nSPS) is 11.7. The maximum absolute atomic E-state index is 14.4. The van der Waals surface area contributed by atoms with Gasteiger partial charge in [-0.2, -0.15) is 0 Å². The molecule has 0 fully saturated rings. The minimum atomic E-state index is -0.479. The topological polar surface area (TPSA) is 43.4 Å². The lowest BCUT2D eigenvalue weighted by atomic mass is 10.1. The summed E-state index contributed by atoms with van der Waals surface area (Å²) in [6, 6.07) is 10.3. The third-order valence-electron chi connectivity index (χ3n) is 4.19. The van der Waals surface area contributed by atoms with Crippen molar-refractivity contribution < 1.29 is 13.9 Å². The predicted molar refractivity (Wildman–Crippen MR) is 116 cm³/mol. The van der Waals surface area contributed by atoms with E-state index in [1.54, 1.807) is 12.1 Å². The van der Waals surface area contributed by atoms with E-state index in [9.17, 15) is 4.39 Å². The molecule has 3 rings (SSSR count). The molecule has 1 heterocycles. The van der Waals surface area contributed by atoms with Crippen LogP contribution < -0.4 is 14.8 Å². The summed E-state index contributed by atoms with van der Waals surface area (Å²) >= 11 is 12.3. The van der Waals surface area contributed by atoms with Crippen molar-refractivity contribution in [3.05, 3.63) is 64.2 Å². The lowest BCUT2D eigenvalue weighted by Crippen LogP contribution is -2.38. The highest BCUT2D eigenvalue weighted by Gasteiger charge is 2.12. The molecule has 0 saturated heterocycles. The molecule has 0 saturated carbocycles. The van der Waals surface area contributed by atoms with E-state index in [-0.39, 0.29) is 17.8 Å². The Morgan fingerprint density at radius 1 is 1.07 bits per heavy atom. The third kappa shape index (κ3) is 5.72. The maximum atomic E-state index is 14.4. The van der Waals surface area contributed by atoms with Crippen LogP contribution in [-0.2, 0) is 6.61 Å². The van der Waals surface area contributed by atoms with Crippen LogP contribution in [0.15, 0.2) is 42.6 Å². The van der Waals surface area contributed by atoms with Crippen LogP contribution in [0.4, 0.5) is 4.39 Å². The standard InChI is InChI=1S/C22H23Cl2FN2O2/c1-22(2,3)27-9-10-28-14-11-18(25)19(26-12-14)13-29-20-6-4-5-16-15(20)7-8-17(23)21(16)24/h4-8,11-12,27H,9-10,13H2,1-3H3. The number of benzene rings is 2. The first-order chi connectivity index (χ1) is 13.7. The average molecular weight is 437 g/mol. The minimum Gasteiger partial charge on any atom is -0.491 e. The number of fused-ring (bicyclic) bond motifs is 1. The van der Waals surface area contributed by atoms with Crippen molar-refractivity contribution in [2.75, 3.05) is 13.2 Å². The number of hydrogen-bond acceptors (Lipinski definition) is 4. The summed E-state index contributed by atoms with van der Waals surface area (Å²) in [5, 5.41) is 5.81. The van der Waals surface area contributed by atoms with Crippen molar-refractivity contribution >= 4 is 34.0 Å². The molecule has 0 spiro atoms. The molecule has 1 N–H and O–H groups in total. The zero-order valence-electron chi connectivity index (χ0n) is 16.6. The number of pyridine rings is 1. The molecular weight excluding hydrogens is 414 g/mol. The van der Waals surface area contributed by atoms with Gasteiger partial charge < -0.3 is 14.8 Å². The van der Waals surface area contributed by atoms with Gasteiger partial charge in [0.25, 0.3) is 0 Å². The molecule has 7 heteroatoms. The first kappa shape index (κ1) is 21.6. The molecule has 3 aromatic rings. The summed E-state index contributed by atoms with van der Waals surface area (Å²) in [6.07, 6.45) is 1.50. The van der Waals surface area contributed by atoms with E-state index in [1.807, 2.05) is 18.2 Å². The summed E-state index contributed by atoms with van der Waals surface area (Å²) in [4.78, 5) is 4.14. The Labute approximate surface area is 179 Å². The molecule has 4 nitrogen and oxygen atoms in total. The van der Waals surface area contributed by atoms with E-state index < -0.39 is 5.82 Å². The van der Waals surface area contributed by atoms with Crippen LogP contribution in [0.2, 0.25) is 10.0 Å². The highest BCUT2D eigenvalue weighted by molar-refractivity contribution is 6.45. The Kier molecular flexibility index (Phi) is 6.83. The molecule has 0 aliphatic carbocycles. The molecule has 0 atom stereocenters. The number of halogens is 3. The fraction of sp³-hybridized carbons (Fsp3) is 0.318. The third-order valence-corrected chi connectivity index (χ3v) is 5.01. The van der Waals surface area contributed by atoms with Crippen molar-refractivity contribution in [3.8, 4) is 11.5 Å². The van der Waals surface area contributed by atoms with Gasteiger partial charge in [-0.05, 0) is 39.0 Å². The Bertz CT molecular complexity index is 1010. The summed E-state index contributed by atoms with van der Waals surface area (Å²) in [5.41, 5.74) is 0.202. The van der Waals surface area contributed by atoms with Gasteiger partial charge in [0.05, 0.1) is 16.2 Å². The predicted octanol–water partition coefficient (Wildman–Crippen LogP) is 6.03. The van der Waals surface area contributed by atoms with Gasteiger partial charge in [0.1, 0.15) is 30.4 Å². The molecule has 0 unspecified atom stereocenters. The Morgan fingerprint density at radius 2 is 1.86 bits per heavy atom. The lowest BCUT2D eigenvalue weighted by Gasteiger charge is -2.20. The van der Waals surface area contributed by atoms with E-state index in [4.69, 9.17) is 32.7 Å². The molecule has 29 heavy (non-hydrogen) atoms. The molecule has 0 radical (unpaired) electrons. The Morgan fingerprint density at radius 3 is 2.59 bits per heavy atom. The number of aromatic nitrogens is 1. The average Bonchev–Trinajstić information content (AvgIpc) is 2.67. The molecule has 1 aromatic heterocycles. The number of hydrogen-bond donors (Lipinski definition) is 1. The van der Waals surface area contributed by atoms with Crippen molar-refractivity contribution in [2.45, 2.75) is 32.9 Å². The highest BCUT2D eigenvalue weighted by atomic mass is 35.5. The second-order valence-corrected chi connectivity index (χ2v) is 8.41. The van der Waals surface area contributed by atoms with Gasteiger partial charge >= 0.3 is 0 Å². The number of nitrogens with one attached hydrogen (secondary N) is 1. The van der Waals surface area contributed by atoms with Crippen LogP contribution in [0.1, 0.15) is 26.5 Å². The zero-order valence-corrected chi connectivity index (χ0v) is 18.1. The van der Waals surface area contributed by atoms with Gasteiger partial charge in [-0.25, -0.2) is 4.39 Å². The van der Waals surface area contributed by atoms with E-state index >= 15 is 0 Å². The largest absolute Gasteiger partial charge is 0.491 e. The molecule has 2 aromatic carbocycles. The molecule has 0 bridgehead atoms. The maximum Gasteiger partial charge on any atom is 0.151 e. The van der Waals surface area contributed by atoms with Crippen LogP contribution >= 0.6 is 23.2 Å². The smallest absolute Gasteiger partial charge is 0.151 e. The lowest BCUT2D eigenvalue weighted by molar-refractivity contribution is 0.283. The summed E-state index contributed by atoms with van der Waals surface area (Å²) in [7, 11) is 0. The number of rotatable bonds is 7. The second-order valence-electron chi connectivity index (χ2n) is 7.63. The van der Waals surface area contributed by atoms with Gasteiger partial charge in [-0.3, -0.25) is 4.98 Å². The quantitative estimate of drug-likeness (QED) is 0.459. The Hall–Kier alpha value is -2.08. The minimum absolute atomic E-state index is 0.00519. The fourth-order valence-corrected chi connectivity index (χ4v) is 3.16. The summed E-state index contributed by atoms with van der Waals surface area (Å²) < 4.78 is 25.8. The van der Waals surface area contributed by atoms with Gasteiger partial charge in [-0.1, -0.05) is 35.3 Å². The first-order valence-corrected chi connectivity index (χ1v) is 10.0. The fourth-order valence-electron chi connectivity index (χ4n) is 2.77. The van der Waals surface area contributed by atoms with E-state index in [1.165, 1.54) is 12.3 Å². The zero-order chi connectivity index (χ0) is 21.0. The highest BCUT2D eigenvalue weighted by Crippen LogP contribution is 2.35. The van der Waals surface area contributed by atoms with Crippen molar-refractivity contribution in [2.24, 2.45) is 0 Å². The van der Waals surface area contributed by atoms with Crippen molar-refractivity contribution in [3.63, 3.8) is 0 Å². The monoisotopic (exact) mass is 436 g/mol. The van der Waals surface area contributed by atoms with Crippen LogP contribution in [-0.4, -0.2) is 23.7 Å². The SMILES string of the molecule is CC(C)(C)NCCOc1cnc(COc2cccc3c(Cl)c(Cl)ccc23)c(F)c1. The van der Waals surface area contributed by atoms with Crippen molar-refractivity contribution in [1.29, 1.82) is 0 Å². The van der Waals surface area contributed by atoms with Gasteiger partial charge in [0.15, 0.2) is 5.82 Å².